The molecule has 0 atom stereocenters. The Morgan fingerprint density at radius 1 is 1.35 bits per heavy atom. The van der Waals surface area contributed by atoms with Gasteiger partial charge in [0.15, 0.2) is 0 Å². The van der Waals surface area contributed by atoms with Crippen molar-refractivity contribution in [1.29, 1.82) is 0 Å². The Bertz CT molecular complexity index is 610. The summed E-state index contributed by atoms with van der Waals surface area (Å²) in [5, 5.41) is 7.02. The summed E-state index contributed by atoms with van der Waals surface area (Å²) >= 11 is 0. The minimum atomic E-state index is 0.0419. The summed E-state index contributed by atoms with van der Waals surface area (Å²) in [6, 6.07) is 7.71. The van der Waals surface area contributed by atoms with Crippen molar-refractivity contribution in [2.75, 3.05) is 17.6 Å². The highest BCUT2D eigenvalue weighted by molar-refractivity contribution is 5.98. The predicted octanol–water partition coefficient (Wildman–Crippen LogP) is 2.14. The van der Waals surface area contributed by atoms with E-state index in [9.17, 15) is 4.79 Å². The third-order valence-corrected chi connectivity index (χ3v) is 2.92. The second-order valence-electron chi connectivity index (χ2n) is 5.00. The molecule has 5 heteroatoms. The van der Waals surface area contributed by atoms with Gasteiger partial charge in [-0.1, -0.05) is 0 Å². The van der Waals surface area contributed by atoms with E-state index in [2.05, 4.69) is 15.6 Å². The zero-order chi connectivity index (χ0) is 14.5. The second-order valence-corrected chi connectivity index (χ2v) is 5.00. The van der Waals surface area contributed by atoms with E-state index < -0.39 is 0 Å². The van der Waals surface area contributed by atoms with Crippen molar-refractivity contribution in [2.45, 2.75) is 26.3 Å². The van der Waals surface area contributed by atoms with Crippen LogP contribution in [-0.2, 0) is 4.79 Å². The van der Waals surface area contributed by atoms with Crippen LogP contribution in [0.25, 0.3) is 10.9 Å². The number of nitrogen functional groups attached to an aromatic ring is 1. The van der Waals surface area contributed by atoms with Crippen molar-refractivity contribution in [1.82, 2.24) is 10.3 Å². The van der Waals surface area contributed by atoms with E-state index in [4.69, 9.17) is 5.73 Å². The Kier molecular flexibility index (Phi) is 4.40. The molecule has 0 saturated carbocycles. The molecule has 4 N–H and O–H groups in total. The number of rotatable bonds is 5. The number of hydrogen-bond acceptors (Lipinski definition) is 4. The summed E-state index contributed by atoms with van der Waals surface area (Å²) in [6.07, 6.45) is 2.16. The lowest BCUT2D eigenvalue weighted by Gasteiger charge is -2.11. The summed E-state index contributed by atoms with van der Waals surface area (Å²) in [5.41, 5.74) is 8.36. The van der Waals surface area contributed by atoms with Crippen LogP contribution in [0.2, 0.25) is 0 Å². The van der Waals surface area contributed by atoms with Crippen LogP contribution in [0, 0.1) is 0 Å². The smallest absolute Gasteiger partial charge is 0.221 e. The molecule has 0 radical (unpaired) electrons. The summed E-state index contributed by atoms with van der Waals surface area (Å²) in [6.45, 7) is 4.46. The molecular weight excluding hydrogens is 252 g/mol. The lowest BCUT2D eigenvalue weighted by Crippen LogP contribution is -2.31. The molecule has 1 amide bonds. The zero-order valence-electron chi connectivity index (χ0n) is 11.8. The number of hydrogen-bond donors (Lipinski definition) is 3. The molecule has 2 aromatic rings. The number of nitrogens with zero attached hydrogens (tertiary/aromatic N) is 1. The van der Waals surface area contributed by atoms with Crippen LogP contribution in [-0.4, -0.2) is 23.5 Å². The quantitative estimate of drug-likeness (QED) is 0.729. The monoisotopic (exact) mass is 272 g/mol. The van der Waals surface area contributed by atoms with Gasteiger partial charge in [0.05, 0.1) is 11.2 Å². The van der Waals surface area contributed by atoms with E-state index in [0.717, 1.165) is 16.6 Å². The molecule has 0 spiro atoms. The van der Waals surface area contributed by atoms with Crippen LogP contribution in [0.1, 0.15) is 20.3 Å². The summed E-state index contributed by atoms with van der Waals surface area (Å²) in [7, 11) is 0. The van der Waals surface area contributed by atoms with E-state index in [-0.39, 0.29) is 11.9 Å². The molecule has 1 aromatic heterocycles. The van der Waals surface area contributed by atoms with Gasteiger partial charge in [0.2, 0.25) is 5.91 Å². The van der Waals surface area contributed by atoms with Gasteiger partial charge in [-0.3, -0.25) is 9.78 Å². The number of amides is 1. The minimum Gasteiger partial charge on any atom is -0.398 e. The first-order chi connectivity index (χ1) is 9.58. The maximum absolute atomic E-state index is 11.6. The van der Waals surface area contributed by atoms with Crippen LogP contribution >= 0.6 is 0 Å². The third-order valence-electron chi connectivity index (χ3n) is 2.92. The molecule has 106 valence electrons. The topological polar surface area (TPSA) is 80.0 Å². The van der Waals surface area contributed by atoms with Crippen LogP contribution in [0.5, 0.6) is 0 Å². The van der Waals surface area contributed by atoms with Gasteiger partial charge in [0.1, 0.15) is 0 Å². The van der Waals surface area contributed by atoms with Gasteiger partial charge >= 0.3 is 0 Å². The van der Waals surface area contributed by atoms with Crippen molar-refractivity contribution < 1.29 is 4.79 Å². The number of fused-ring (bicyclic) bond motifs is 1. The van der Waals surface area contributed by atoms with Crippen LogP contribution in [0.15, 0.2) is 30.5 Å². The van der Waals surface area contributed by atoms with Gasteiger partial charge in [-0.25, -0.2) is 0 Å². The van der Waals surface area contributed by atoms with E-state index in [0.29, 0.717) is 18.7 Å². The van der Waals surface area contributed by atoms with Gasteiger partial charge in [-0.15, -0.1) is 0 Å². The number of nitrogens with one attached hydrogen (secondary N) is 2. The zero-order valence-corrected chi connectivity index (χ0v) is 11.8. The largest absolute Gasteiger partial charge is 0.398 e. The molecule has 5 nitrogen and oxygen atoms in total. The number of anilines is 2. The van der Waals surface area contributed by atoms with Crippen molar-refractivity contribution in [2.24, 2.45) is 0 Å². The molecule has 0 unspecified atom stereocenters. The van der Waals surface area contributed by atoms with Gasteiger partial charge in [-0.2, -0.15) is 0 Å². The standard InChI is InChI=1S/C15H20N4O/c1-10(2)19-14(20)7-9-17-13-6-5-12(16)11-4-3-8-18-15(11)13/h3-6,8,10,17H,7,9,16H2,1-2H3,(H,19,20). The Morgan fingerprint density at radius 2 is 2.15 bits per heavy atom. The van der Waals surface area contributed by atoms with E-state index in [1.807, 2.05) is 38.1 Å². The Hall–Kier alpha value is -2.30. The second kappa shape index (κ2) is 6.23. The highest BCUT2D eigenvalue weighted by atomic mass is 16.1. The normalized spacial score (nSPS) is 10.8. The number of carbonyl (C=O) groups is 1. The Labute approximate surface area is 118 Å². The Balaban J connectivity index is 2.04. The Morgan fingerprint density at radius 3 is 2.90 bits per heavy atom. The molecular formula is C15H20N4O. The maximum atomic E-state index is 11.6. The van der Waals surface area contributed by atoms with Crippen LogP contribution in [0.4, 0.5) is 11.4 Å². The SMILES string of the molecule is CC(C)NC(=O)CCNc1ccc(N)c2cccnc12. The first-order valence-electron chi connectivity index (χ1n) is 6.74. The third kappa shape index (κ3) is 3.38. The van der Waals surface area contributed by atoms with Crippen LogP contribution in [0.3, 0.4) is 0 Å². The maximum Gasteiger partial charge on any atom is 0.221 e. The van der Waals surface area contributed by atoms with E-state index in [1.165, 1.54) is 0 Å². The lowest BCUT2D eigenvalue weighted by molar-refractivity contribution is -0.121. The van der Waals surface area contributed by atoms with Gasteiger partial charge in [-0.05, 0) is 38.1 Å². The fraction of sp³-hybridized carbons (Fsp3) is 0.333. The number of aromatic nitrogens is 1. The van der Waals surface area contributed by atoms with Crippen molar-refractivity contribution in [3.05, 3.63) is 30.5 Å². The number of carbonyl (C=O) groups excluding carboxylic acids is 1. The number of pyridine rings is 1. The first-order valence-corrected chi connectivity index (χ1v) is 6.74. The lowest BCUT2D eigenvalue weighted by atomic mass is 10.1. The minimum absolute atomic E-state index is 0.0419. The van der Waals surface area contributed by atoms with Crippen molar-refractivity contribution >= 4 is 28.2 Å². The molecule has 20 heavy (non-hydrogen) atoms. The van der Waals surface area contributed by atoms with Gasteiger partial charge in [0.25, 0.3) is 0 Å². The average molecular weight is 272 g/mol. The predicted molar refractivity (Wildman–Crippen MR) is 82.5 cm³/mol. The molecule has 0 aliphatic carbocycles. The molecule has 0 aliphatic heterocycles. The highest BCUT2D eigenvalue weighted by Gasteiger charge is 2.06. The molecule has 1 heterocycles. The van der Waals surface area contributed by atoms with Gasteiger partial charge < -0.3 is 16.4 Å². The fourth-order valence-corrected chi connectivity index (χ4v) is 2.04. The highest BCUT2D eigenvalue weighted by Crippen LogP contribution is 2.25. The molecule has 2 rings (SSSR count). The van der Waals surface area contributed by atoms with E-state index >= 15 is 0 Å². The molecule has 0 aliphatic rings. The van der Waals surface area contributed by atoms with Gasteiger partial charge in [0, 0.05) is 36.3 Å². The summed E-state index contributed by atoms with van der Waals surface area (Å²) in [5.74, 6) is 0.0419. The fourth-order valence-electron chi connectivity index (χ4n) is 2.04. The first kappa shape index (κ1) is 14.1. The summed E-state index contributed by atoms with van der Waals surface area (Å²) in [4.78, 5) is 15.9. The number of nitrogens with two attached hydrogens (primary N) is 1. The molecule has 0 fully saturated rings. The van der Waals surface area contributed by atoms with Crippen LogP contribution < -0.4 is 16.4 Å². The summed E-state index contributed by atoms with van der Waals surface area (Å²) < 4.78 is 0. The molecule has 0 bridgehead atoms. The average Bonchev–Trinajstić information content (AvgIpc) is 2.41. The molecule has 0 saturated heterocycles. The number of benzene rings is 1. The van der Waals surface area contributed by atoms with Crippen molar-refractivity contribution in [3.63, 3.8) is 0 Å². The molecule has 1 aromatic carbocycles. The van der Waals surface area contributed by atoms with E-state index in [1.54, 1.807) is 6.20 Å². The van der Waals surface area contributed by atoms with Crippen molar-refractivity contribution in [3.8, 4) is 0 Å².